The quantitative estimate of drug-likeness (QED) is 0.752. The van der Waals surface area contributed by atoms with Crippen LogP contribution in [0.25, 0.3) is 12.2 Å². The standard InChI is InChI=1S/C12H11NO2S/c1-9-7-10-5-3-2-4-6-11(10)8-12(9)16(13,14)15/h2,4-8H,1H3,(H2,13,14,15). The summed E-state index contributed by atoms with van der Waals surface area (Å²) in [5, 5.41) is 5.14. The summed E-state index contributed by atoms with van der Waals surface area (Å²) in [6, 6.07) is 3.39. The number of benzene rings is 1. The van der Waals surface area contributed by atoms with Crippen molar-refractivity contribution in [3.63, 3.8) is 0 Å². The molecule has 0 amide bonds. The Kier molecular flexibility index (Phi) is 2.56. The average Bonchev–Trinajstić information content (AvgIpc) is 2.39. The maximum Gasteiger partial charge on any atom is 0.238 e. The predicted molar refractivity (Wildman–Crippen MR) is 64.1 cm³/mol. The van der Waals surface area contributed by atoms with Crippen LogP contribution in [0.4, 0.5) is 0 Å². The Bertz CT molecular complexity index is 633. The smallest absolute Gasteiger partial charge is 0.225 e. The maximum absolute atomic E-state index is 11.3. The number of nitrogens with two attached hydrogens (primary N) is 1. The van der Waals surface area contributed by atoms with E-state index in [1.807, 2.05) is 18.2 Å². The number of aryl methyl sites for hydroxylation is 1. The van der Waals surface area contributed by atoms with Gasteiger partial charge in [0.2, 0.25) is 10.0 Å². The molecule has 0 saturated carbocycles. The van der Waals surface area contributed by atoms with Crippen LogP contribution in [0, 0.1) is 6.92 Å². The monoisotopic (exact) mass is 233 g/mol. The van der Waals surface area contributed by atoms with Crippen molar-refractivity contribution in [2.45, 2.75) is 11.8 Å². The third-order valence-corrected chi connectivity index (χ3v) is 3.45. The van der Waals surface area contributed by atoms with Crippen molar-refractivity contribution >= 4 is 22.2 Å². The second kappa shape index (κ2) is 3.76. The summed E-state index contributed by atoms with van der Waals surface area (Å²) in [4.78, 5) is 0.172. The van der Waals surface area contributed by atoms with Crippen molar-refractivity contribution in [2.75, 3.05) is 0 Å². The zero-order valence-corrected chi connectivity index (χ0v) is 9.58. The summed E-state index contributed by atoms with van der Waals surface area (Å²) in [6.45, 7) is 1.73. The molecule has 1 aliphatic rings. The number of rotatable bonds is 1. The van der Waals surface area contributed by atoms with Crippen molar-refractivity contribution in [1.82, 2.24) is 0 Å². The van der Waals surface area contributed by atoms with Gasteiger partial charge in [0.15, 0.2) is 0 Å². The predicted octanol–water partition coefficient (Wildman–Crippen LogP) is 1.84. The van der Waals surface area contributed by atoms with Crippen molar-refractivity contribution in [1.29, 1.82) is 0 Å². The van der Waals surface area contributed by atoms with E-state index in [1.165, 1.54) is 0 Å². The van der Waals surface area contributed by atoms with E-state index in [9.17, 15) is 8.42 Å². The van der Waals surface area contributed by atoms with E-state index >= 15 is 0 Å². The van der Waals surface area contributed by atoms with Crippen LogP contribution in [-0.2, 0) is 10.0 Å². The molecular formula is C12H11NO2S. The molecule has 0 fully saturated rings. The maximum atomic E-state index is 11.3. The highest BCUT2D eigenvalue weighted by Crippen LogP contribution is 2.23. The highest BCUT2D eigenvalue weighted by molar-refractivity contribution is 7.89. The van der Waals surface area contributed by atoms with Crippen LogP contribution in [0.15, 0.2) is 34.9 Å². The first kappa shape index (κ1) is 10.9. The molecule has 0 bridgehead atoms. The summed E-state index contributed by atoms with van der Waals surface area (Å²) in [7, 11) is -3.66. The number of primary sulfonamides is 1. The molecule has 0 heterocycles. The lowest BCUT2D eigenvalue weighted by Gasteiger charge is -2.07. The van der Waals surface area contributed by atoms with Crippen molar-refractivity contribution in [2.24, 2.45) is 5.14 Å². The van der Waals surface area contributed by atoms with Crippen molar-refractivity contribution < 1.29 is 8.42 Å². The summed E-state index contributed by atoms with van der Waals surface area (Å²) in [5.41, 5.74) is 5.39. The van der Waals surface area contributed by atoms with Gasteiger partial charge in [-0.05, 0) is 47.9 Å². The molecule has 1 aromatic carbocycles. The molecule has 0 atom stereocenters. The normalized spacial score (nSPS) is 13.6. The van der Waals surface area contributed by atoms with E-state index in [-0.39, 0.29) is 4.90 Å². The lowest BCUT2D eigenvalue weighted by molar-refractivity contribution is 0.597. The minimum absolute atomic E-state index is 0.172. The van der Waals surface area contributed by atoms with Gasteiger partial charge in [0, 0.05) is 0 Å². The van der Waals surface area contributed by atoms with Crippen LogP contribution in [0.2, 0.25) is 0 Å². The van der Waals surface area contributed by atoms with Crippen LogP contribution in [0.5, 0.6) is 0 Å². The first-order valence-electron chi connectivity index (χ1n) is 4.75. The Hall–Kier alpha value is -1.61. The fourth-order valence-corrected chi connectivity index (χ4v) is 2.45. The van der Waals surface area contributed by atoms with E-state index in [0.29, 0.717) is 5.56 Å². The highest BCUT2D eigenvalue weighted by Gasteiger charge is 2.13. The Morgan fingerprint density at radius 1 is 1.25 bits per heavy atom. The van der Waals surface area contributed by atoms with Gasteiger partial charge in [0.1, 0.15) is 0 Å². The lowest BCUT2D eigenvalue weighted by Crippen LogP contribution is -2.14. The number of hydrogen-bond donors (Lipinski definition) is 1. The number of sulfonamides is 1. The summed E-state index contributed by atoms with van der Waals surface area (Å²) < 4.78 is 22.7. The second-order valence-corrected chi connectivity index (χ2v) is 5.16. The number of allylic oxidation sites excluding steroid dienone is 2. The van der Waals surface area contributed by atoms with E-state index in [0.717, 1.165) is 11.1 Å². The van der Waals surface area contributed by atoms with Gasteiger partial charge in [-0.3, -0.25) is 0 Å². The third kappa shape index (κ3) is 1.99. The third-order valence-electron chi connectivity index (χ3n) is 2.39. The zero-order chi connectivity index (χ0) is 11.8. The molecule has 0 radical (unpaired) electrons. The number of fused-ring (bicyclic) bond motifs is 1. The van der Waals surface area contributed by atoms with Crippen LogP contribution < -0.4 is 5.14 Å². The molecule has 0 aromatic heterocycles. The number of hydrogen-bond acceptors (Lipinski definition) is 2. The Morgan fingerprint density at radius 2 is 2.00 bits per heavy atom. The van der Waals surface area contributed by atoms with Crippen LogP contribution in [-0.4, -0.2) is 8.42 Å². The van der Waals surface area contributed by atoms with Gasteiger partial charge in [0.25, 0.3) is 0 Å². The van der Waals surface area contributed by atoms with Gasteiger partial charge in [-0.1, -0.05) is 12.2 Å². The zero-order valence-electron chi connectivity index (χ0n) is 8.77. The topological polar surface area (TPSA) is 60.2 Å². The van der Waals surface area contributed by atoms with Crippen LogP contribution >= 0.6 is 0 Å². The molecule has 82 valence electrons. The first-order chi connectivity index (χ1) is 7.48. The molecule has 1 aromatic rings. The summed E-state index contributed by atoms with van der Waals surface area (Å²) >= 11 is 0. The average molecular weight is 233 g/mol. The summed E-state index contributed by atoms with van der Waals surface area (Å²) in [5.74, 6) is 0. The SMILES string of the molecule is Cc1cc2c(cc1S(N)(=O)=O)C=CC=C=C2. The Balaban J connectivity index is 2.74. The van der Waals surface area contributed by atoms with Crippen molar-refractivity contribution in [3.8, 4) is 0 Å². The Morgan fingerprint density at radius 3 is 2.69 bits per heavy atom. The van der Waals surface area contributed by atoms with E-state index in [2.05, 4.69) is 5.73 Å². The largest absolute Gasteiger partial charge is 0.238 e. The fraction of sp³-hybridized carbons (Fsp3) is 0.0833. The Labute approximate surface area is 94.6 Å². The lowest BCUT2D eigenvalue weighted by atomic mass is 10.0. The first-order valence-corrected chi connectivity index (χ1v) is 6.30. The molecule has 4 heteroatoms. The molecular weight excluding hydrogens is 222 g/mol. The fourth-order valence-electron chi connectivity index (χ4n) is 1.65. The van der Waals surface area contributed by atoms with Gasteiger partial charge >= 0.3 is 0 Å². The van der Waals surface area contributed by atoms with E-state index in [4.69, 9.17) is 5.14 Å². The molecule has 2 N–H and O–H groups in total. The molecule has 0 saturated heterocycles. The van der Waals surface area contributed by atoms with Gasteiger partial charge in [-0.2, -0.15) is 0 Å². The van der Waals surface area contributed by atoms with Crippen molar-refractivity contribution in [3.05, 3.63) is 46.7 Å². The van der Waals surface area contributed by atoms with Crippen LogP contribution in [0.1, 0.15) is 16.7 Å². The molecule has 3 nitrogen and oxygen atoms in total. The van der Waals surface area contributed by atoms with Crippen LogP contribution in [0.3, 0.4) is 0 Å². The minimum atomic E-state index is -3.66. The highest BCUT2D eigenvalue weighted by atomic mass is 32.2. The van der Waals surface area contributed by atoms with E-state index < -0.39 is 10.0 Å². The second-order valence-electron chi connectivity index (χ2n) is 3.63. The van der Waals surface area contributed by atoms with Gasteiger partial charge in [0.05, 0.1) is 4.90 Å². The molecule has 0 spiro atoms. The molecule has 16 heavy (non-hydrogen) atoms. The minimum Gasteiger partial charge on any atom is -0.225 e. The van der Waals surface area contributed by atoms with E-state index in [1.54, 1.807) is 25.1 Å². The van der Waals surface area contributed by atoms with Gasteiger partial charge in [-0.15, -0.1) is 5.73 Å². The molecule has 0 aliphatic heterocycles. The van der Waals surface area contributed by atoms with Gasteiger partial charge in [-0.25, -0.2) is 13.6 Å². The molecule has 2 rings (SSSR count). The summed E-state index contributed by atoms with van der Waals surface area (Å²) in [6.07, 6.45) is 7.23. The van der Waals surface area contributed by atoms with Gasteiger partial charge < -0.3 is 0 Å². The molecule has 1 aliphatic carbocycles. The molecule has 0 unspecified atom stereocenters.